The van der Waals surface area contributed by atoms with E-state index in [4.69, 9.17) is 4.74 Å². The van der Waals surface area contributed by atoms with E-state index in [1.807, 2.05) is 39.0 Å². The third kappa shape index (κ3) is 2.76. The fourth-order valence-corrected chi connectivity index (χ4v) is 2.48. The number of ether oxygens (including phenoxy) is 1. The molecule has 1 heterocycles. The molecule has 0 unspecified atom stereocenters. The molecule has 0 N–H and O–H groups in total. The first-order valence-electron chi connectivity index (χ1n) is 5.71. The molecule has 2 aromatic rings. The zero-order chi connectivity index (χ0) is 13.1. The van der Waals surface area contributed by atoms with Gasteiger partial charge in [0.05, 0.1) is 11.3 Å². The zero-order valence-electron chi connectivity index (χ0n) is 10.7. The monoisotopic (exact) mass is 261 g/mol. The van der Waals surface area contributed by atoms with Gasteiger partial charge < -0.3 is 4.74 Å². The lowest BCUT2D eigenvalue weighted by Gasteiger charge is -2.07. The maximum atomic E-state index is 11.0. The van der Waals surface area contributed by atoms with E-state index >= 15 is 0 Å². The van der Waals surface area contributed by atoms with E-state index in [0.717, 1.165) is 22.6 Å². The summed E-state index contributed by atoms with van der Waals surface area (Å²) in [5.41, 5.74) is 2.67. The van der Waals surface area contributed by atoms with Gasteiger partial charge in [0.15, 0.2) is 6.29 Å². The van der Waals surface area contributed by atoms with Crippen molar-refractivity contribution in [2.75, 3.05) is 0 Å². The Morgan fingerprint density at radius 1 is 1.33 bits per heavy atom. The number of rotatable bonds is 4. The molecular formula is C14H15NO2S. The van der Waals surface area contributed by atoms with Gasteiger partial charge in [0.2, 0.25) is 0 Å². The summed E-state index contributed by atoms with van der Waals surface area (Å²) >= 11 is 1.63. The van der Waals surface area contributed by atoms with E-state index in [0.29, 0.717) is 17.9 Å². The number of benzene rings is 1. The number of aldehydes is 1. The SMILES string of the molecule is Cc1ccc(OCc2nc(C)c(C)s2)c(C=O)c1. The molecule has 3 nitrogen and oxygen atoms in total. The number of carbonyl (C=O) groups is 1. The summed E-state index contributed by atoms with van der Waals surface area (Å²) in [7, 11) is 0. The highest BCUT2D eigenvalue weighted by Gasteiger charge is 2.07. The molecule has 0 saturated carbocycles. The summed E-state index contributed by atoms with van der Waals surface area (Å²) in [5, 5.41) is 0.933. The molecule has 1 aromatic carbocycles. The quantitative estimate of drug-likeness (QED) is 0.791. The Balaban J connectivity index is 2.12. The highest BCUT2D eigenvalue weighted by Crippen LogP contribution is 2.22. The summed E-state index contributed by atoms with van der Waals surface area (Å²) in [4.78, 5) is 16.6. The van der Waals surface area contributed by atoms with Crippen LogP contribution in [0.1, 0.15) is 31.5 Å². The van der Waals surface area contributed by atoms with Gasteiger partial charge in [-0.15, -0.1) is 11.3 Å². The minimum atomic E-state index is 0.406. The molecule has 0 amide bonds. The lowest BCUT2D eigenvalue weighted by atomic mass is 10.1. The third-order valence-corrected chi connectivity index (χ3v) is 3.76. The van der Waals surface area contributed by atoms with Gasteiger partial charge in [-0.1, -0.05) is 11.6 Å². The van der Waals surface area contributed by atoms with E-state index in [2.05, 4.69) is 4.98 Å². The molecule has 0 atom stereocenters. The molecule has 18 heavy (non-hydrogen) atoms. The van der Waals surface area contributed by atoms with E-state index in [1.54, 1.807) is 11.3 Å². The Morgan fingerprint density at radius 2 is 2.11 bits per heavy atom. The highest BCUT2D eigenvalue weighted by molar-refractivity contribution is 7.11. The smallest absolute Gasteiger partial charge is 0.153 e. The number of hydrogen-bond donors (Lipinski definition) is 0. The van der Waals surface area contributed by atoms with E-state index in [1.165, 1.54) is 4.88 Å². The normalized spacial score (nSPS) is 10.4. The summed E-state index contributed by atoms with van der Waals surface area (Å²) < 4.78 is 5.65. The van der Waals surface area contributed by atoms with Crippen molar-refractivity contribution in [1.82, 2.24) is 4.98 Å². The number of carbonyl (C=O) groups excluding carboxylic acids is 1. The lowest BCUT2D eigenvalue weighted by Crippen LogP contribution is -1.98. The summed E-state index contributed by atoms with van der Waals surface area (Å²) in [6.07, 6.45) is 0.820. The van der Waals surface area contributed by atoms with Crippen molar-refractivity contribution in [1.29, 1.82) is 0 Å². The van der Waals surface area contributed by atoms with Gasteiger partial charge in [0.25, 0.3) is 0 Å². The number of aryl methyl sites for hydroxylation is 3. The first-order valence-corrected chi connectivity index (χ1v) is 6.53. The zero-order valence-corrected chi connectivity index (χ0v) is 11.5. The van der Waals surface area contributed by atoms with Crippen LogP contribution in [0.5, 0.6) is 5.75 Å². The van der Waals surface area contributed by atoms with Crippen molar-refractivity contribution >= 4 is 17.6 Å². The van der Waals surface area contributed by atoms with E-state index < -0.39 is 0 Å². The van der Waals surface area contributed by atoms with Gasteiger partial charge in [-0.25, -0.2) is 4.98 Å². The van der Waals surface area contributed by atoms with Crippen LogP contribution in [0.4, 0.5) is 0 Å². The molecule has 0 aliphatic carbocycles. The van der Waals surface area contributed by atoms with Crippen LogP contribution < -0.4 is 4.74 Å². The Bertz CT molecular complexity index is 556. The third-order valence-electron chi connectivity index (χ3n) is 2.72. The van der Waals surface area contributed by atoms with Crippen molar-refractivity contribution in [2.24, 2.45) is 0 Å². The second-order valence-electron chi connectivity index (χ2n) is 4.20. The molecular weight excluding hydrogens is 246 g/mol. The molecule has 0 fully saturated rings. The van der Waals surface area contributed by atoms with Crippen LogP contribution in [-0.2, 0) is 6.61 Å². The van der Waals surface area contributed by atoms with Crippen molar-refractivity contribution in [2.45, 2.75) is 27.4 Å². The number of aromatic nitrogens is 1. The first kappa shape index (κ1) is 12.8. The van der Waals surface area contributed by atoms with Crippen LogP contribution in [-0.4, -0.2) is 11.3 Å². The second kappa shape index (κ2) is 5.31. The molecule has 0 bridgehead atoms. The van der Waals surface area contributed by atoms with Crippen molar-refractivity contribution in [3.05, 3.63) is 44.9 Å². The molecule has 0 radical (unpaired) electrons. The Hall–Kier alpha value is -1.68. The number of hydrogen-bond acceptors (Lipinski definition) is 4. The summed E-state index contributed by atoms with van der Waals surface area (Å²) in [6.45, 7) is 6.38. The molecule has 0 aliphatic rings. The fourth-order valence-electron chi connectivity index (χ4n) is 1.63. The van der Waals surface area contributed by atoms with Gasteiger partial charge in [-0.05, 0) is 32.9 Å². The summed E-state index contributed by atoms with van der Waals surface area (Å²) in [5.74, 6) is 0.612. The van der Waals surface area contributed by atoms with Crippen LogP contribution in [0.3, 0.4) is 0 Å². The van der Waals surface area contributed by atoms with Crippen molar-refractivity contribution < 1.29 is 9.53 Å². The summed E-state index contributed by atoms with van der Waals surface area (Å²) in [6, 6.07) is 5.58. The minimum absolute atomic E-state index is 0.406. The van der Waals surface area contributed by atoms with Crippen LogP contribution in [0.15, 0.2) is 18.2 Å². The molecule has 4 heteroatoms. The van der Waals surface area contributed by atoms with Crippen LogP contribution >= 0.6 is 11.3 Å². The van der Waals surface area contributed by atoms with Crippen molar-refractivity contribution in [3.8, 4) is 5.75 Å². The topological polar surface area (TPSA) is 39.2 Å². The Labute approximate surface area is 110 Å². The largest absolute Gasteiger partial charge is 0.486 e. The van der Waals surface area contributed by atoms with Crippen LogP contribution in [0.2, 0.25) is 0 Å². The molecule has 94 valence electrons. The lowest BCUT2D eigenvalue weighted by molar-refractivity contribution is 0.111. The number of thiazole rings is 1. The first-order chi connectivity index (χ1) is 8.60. The maximum absolute atomic E-state index is 11.0. The van der Waals surface area contributed by atoms with Gasteiger partial charge >= 0.3 is 0 Å². The predicted molar refractivity (Wildman–Crippen MR) is 72.5 cm³/mol. The standard InChI is InChI=1S/C14H15NO2S/c1-9-4-5-13(12(6-9)7-16)17-8-14-15-10(2)11(3)18-14/h4-7H,8H2,1-3H3. The highest BCUT2D eigenvalue weighted by atomic mass is 32.1. The molecule has 0 aliphatic heterocycles. The molecule has 2 rings (SSSR count). The average molecular weight is 261 g/mol. The molecule has 0 saturated heterocycles. The van der Waals surface area contributed by atoms with Gasteiger partial charge in [-0.2, -0.15) is 0 Å². The Kier molecular flexibility index (Phi) is 3.77. The molecule has 0 spiro atoms. The number of nitrogens with zero attached hydrogens (tertiary/aromatic N) is 1. The van der Waals surface area contributed by atoms with Crippen LogP contribution in [0.25, 0.3) is 0 Å². The van der Waals surface area contributed by atoms with Gasteiger partial charge in [-0.3, -0.25) is 4.79 Å². The second-order valence-corrected chi connectivity index (χ2v) is 5.48. The average Bonchev–Trinajstić information content (AvgIpc) is 2.67. The van der Waals surface area contributed by atoms with Gasteiger partial charge in [0.1, 0.15) is 17.4 Å². The van der Waals surface area contributed by atoms with Crippen LogP contribution in [0, 0.1) is 20.8 Å². The van der Waals surface area contributed by atoms with Gasteiger partial charge in [0, 0.05) is 4.88 Å². The minimum Gasteiger partial charge on any atom is -0.486 e. The Morgan fingerprint density at radius 3 is 2.72 bits per heavy atom. The van der Waals surface area contributed by atoms with E-state index in [-0.39, 0.29) is 0 Å². The van der Waals surface area contributed by atoms with E-state index in [9.17, 15) is 4.79 Å². The molecule has 1 aromatic heterocycles. The van der Waals surface area contributed by atoms with Crippen molar-refractivity contribution in [3.63, 3.8) is 0 Å². The maximum Gasteiger partial charge on any atom is 0.153 e. The fraction of sp³-hybridized carbons (Fsp3) is 0.286. The predicted octanol–water partition coefficient (Wildman–Crippen LogP) is 3.46.